The number of pyridine rings is 1. The SMILES string of the molecule is CCc1nc2ccccc2c(C(=O)OCc2nc(-c3ccc(OC)cc3)no2)c1C. The molecule has 2 heterocycles. The molecule has 0 bridgehead atoms. The van der Waals surface area contributed by atoms with Crippen LogP contribution in [-0.4, -0.2) is 28.2 Å². The molecule has 0 fully saturated rings. The van der Waals surface area contributed by atoms with E-state index < -0.39 is 5.97 Å². The Morgan fingerprint density at radius 1 is 1.07 bits per heavy atom. The monoisotopic (exact) mass is 403 g/mol. The minimum atomic E-state index is -0.440. The first-order valence-corrected chi connectivity index (χ1v) is 9.63. The Hall–Kier alpha value is -3.74. The molecule has 0 spiro atoms. The van der Waals surface area contributed by atoms with Gasteiger partial charge >= 0.3 is 5.97 Å². The number of methoxy groups -OCH3 is 1. The van der Waals surface area contributed by atoms with Gasteiger partial charge in [-0.3, -0.25) is 4.98 Å². The van der Waals surface area contributed by atoms with Crippen LogP contribution in [0, 0.1) is 6.92 Å². The fourth-order valence-electron chi connectivity index (χ4n) is 3.34. The van der Waals surface area contributed by atoms with Gasteiger partial charge in [-0.1, -0.05) is 30.3 Å². The van der Waals surface area contributed by atoms with E-state index in [9.17, 15) is 4.79 Å². The highest BCUT2D eigenvalue weighted by Crippen LogP contribution is 2.25. The van der Waals surface area contributed by atoms with Crippen LogP contribution in [0.25, 0.3) is 22.3 Å². The summed E-state index contributed by atoms with van der Waals surface area (Å²) in [5, 5.41) is 4.72. The lowest BCUT2D eigenvalue weighted by atomic mass is 10.0. The standard InChI is InChI=1S/C23H21N3O4/c1-4-18-14(2)21(17-7-5-6-8-19(17)24-18)23(27)29-13-20-25-22(26-30-20)15-9-11-16(28-3)12-10-15/h5-12H,4,13H2,1-3H3. The van der Waals surface area contributed by atoms with Crippen molar-refractivity contribution in [1.29, 1.82) is 0 Å². The summed E-state index contributed by atoms with van der Waals surface area (Å²) in [6.45, 7) is 3.79. The van der Waals surface area contributed by atoms with Crippen LogP contribution < -0.4 is 4.74 Å². The van der Waals surface area contributed by atoms with Gasteiger partial charge in [0.2, 0.25) is 5.82 Å². The first kappa shape index (κ1) is 19.6. The smallest absolute Gasteiger partial charge is 0.339 e. The molecule has 0 unspecified atom stereocenters. The largest absolute Gasteiger partial charge is 0.497 e. The van der Waals surface area contributed by atoms with Gasteiger partial charge in [0, 0.05) is 16.6 Å². The van der Waals surface area contributed by atoms with Crippen LogP contribution in [0.3, 0.4) is 0 Å². The van der Waals surface area contributed by atoms with Gasteiger partial charge in [0.1, 0.15) is 5.75 Å². The zero-order valence-corrected chi connectivity index (χ0v) is 17.0. The third kappa shape index (κ3) is 3.74. The number of nitrogens with zero attached hydrogens (tertiary/aromatic N) is 3. The molecule has 152 valence electrons. The molecule has 4 rings (SSSR count). The van der Waals surface area contributed by atoms with E-state index in [-0.39, 0.29) is 12.5 Å². The van der Waals surface area contributed by atoms with E-state index in [1.54, 1.807) is 7.11 Å². The fourth-order valence-corrected chi connectivity index (χ4v) is 3.34. The van der Waals surface area contributed by atoms with Gasteiger partial charge in [0.15, 0.2) is 6.61 Å². The van der Waals surface area contributed by atoms with Crippen molar-refractivity contribution in [2.75, 3.05) is 7.11 Å². The molecule has 4 aromatic rings. The summed E-state index contributed by atoms with van der Waals surface area (Å²) in [4.78, 5) is 21.9. The zero-order chi connectivity index (χ0) is 21.1. The third-order valence-corrected chi connectivity index (χ3v) is 4.92. The number of fused-ring (bicyclic) bond motifs is 1. The number of benzene rings is 2. The fraction of sp³-hybridized carbons (Fsp3) is 0.217. The molecule has 30 heavy (non-hydrogen) atoms. The number of carbonyl (C=O) groups is 1. The summed E-state index contributed by atoms with van der Waals surface area (Å²) in [7, 11) is 1.60. The molecule has 7 heteroatoms. The zero-order valence-electron chi connectivity index (χ0n) is 17.0. The van der Waals surface area contributed by atoms with Gasteiger partial charge in [-0.15, -0.1) is 0 Å². The maximum atomic E-state index is 12.9. The van der Waals surface area contributed by atoms with Crippen LogP contribution in [0.4, 0.5) is 0 Å². The summed E-state index contributed by atoms with van der Waals surface area (Å²) in [6, 6.07) is 14.8. The molecular formula is C23H21N3O4. The van der Waals surface area contributed by atoms with E-state index in [2.05, 4.69) is 15.1 Å². The molecule has 0 saturated carbocycles. The van der Waals surface area contributed by atoms with Crippen molar-refractivity contribution in [1.82, 2.24) is 15.1 Å². The minimum Gasteiger partial charge on any atom is -0.497 e. The molecule has 0 amide bonds. The number of para-hydroxylation sites is 1. The normalized spacial score (nSPS) is 10.9. The second-order valence-corrected chi connectivity index (χ2v) is 6.75. The molecule has 0 aliphatic carbocycles. The van der Waals surface area contributed by atoms with Crippen molar-refractivity contribution in [3.8, 4) is 17.1 Å². The van der Waals surface area contributed by atoms with Gasteiger partial charge < -0.3 is 14.0 Å². The van der Waals surface area contributed by atoms with Crippen LogP contribution in [0.2, 0.25) is 0 Å². The number of aromatic nitrogens is 3. The predicted molar refractivity (Wildman–Crippen MR) is 111 cm³/mol. The Morgan fingerprint density at radius 3 is 2.57 bits per heavy atom. The number of rotatable bonds is 6. The Labute approximate surface area is 173 Å². The molecule has 0 atom stereocenters. The highest BCUT2D eigenvalue weighted by molar-refractivity contribution is 6.04. The van der Waals surface area contributed by atoms with Crippen molar-refractivity contribution in [3.05, 3.63) is 71.2 Å². The van der Waals surface area contributed by atoms with Crippen LogP contribution in [-0.2, 0) is 17.8 Å². The molecule has 0 aliphatic rings. The van der Waals surface area contributed by atoms with E-state index >= 15 is 0 Å². The van der Waals surface area contributed by atoms with Crippen molar-refractivity contribution in [2.24, 2.45) is 0 Å². The average Bonchev–Trinajstić information content (AvgIpc) is 3.26. The highest BCUT2D eigenvalue weighted by atomic mass is 16.6. The van der Waals surface area contributed by atoms with Crippen molar-refractivity contribution in [3.63, 3.8) is 0 Å². The summed E-state index contributed by atoms with van der Waals surface area (Å²) in [5.74, 6) is 0.941. The molecule has 2 aromatic heterocycles. The number of esters is 1. The van der Waals surface area contributed by atoms with Crippen molar-refractivity contribution < 1.29 is 18.8 Å². The van der Waals surface area contributed by atoms with E-state index in [1.165, 1.54) is 0 Å². The van der Waals surface area contributed by atoms with Crippen LogP contribution in [0.5, 0.6) is 5.75 Å². The Balaban J connectivity index is 1.54. The number of hydrogen-bond acceptors (Lipinski definition) is 7. The quantitative estimate of drug-likeness (QED) is 0.437. The Bertz CT molecular complexity index is 1200. The number of ether oxygens (including phenoxy) is 2. The minimum absolute atomic E-state index is 0.112. The molecular weight excluding hydrogens is 382 g/mol. The van der Waals surface area contributed by atoms with Gasteiger partial charge in [-0.2, -0.15) is 4.98 Å². The molecule has 0 saturated heterocycles. The first-order chi connectivity index (χ1) is 14.6. The second-order valence-electron chi connectivity index (χ2n) is 6.75. The average molecular weight is 403 g/mol. The molecule has 0 aliphatic heterocycles. The number of aryl methyl sites for hydroxylation is 1. The van der Waals surface area contributed by atoms with Gasteiger partial charge in [0.25, 0.3) is 5.89 Å². The van der Waals surface area contributed by atoms with Crippen LogP contribution >= 0.6 is 0 Å². The predicted octanol–water partition coefficient (Wildman–Crippen LogP) is 4.52. The summed E-state index contributed by atoms with van der Waals surface area (Å²) < 4.78 is 15.9. The molecule has 2 aromatic carbocycles. The number of hydrogen-bond donors (Lipinski definition) is 0. The molecule has 7 nitrogen and oxygen atoms in total. The Kier molecular flexibility index (Phi) is 5.43. The number of carbonyl (C=O) groups excluding carboxylic acids is 1. The van der Waals surface area contributed by atoms with Gasteiger partial charge in [-0.05, 0) is 49.2 Å². The summed E-state index contributed by atoms with van der Waals surface area (Å²) in [6.07, 6.45) is 0.728. The van der Waals surface area contributed by atoms with Crippen molar-refractivity contribution >= 4 is 16.9 Å². The second kappa shape index (κ2) is 8.32. The summed E-state index contributed by atoms with van der Waals surface area (Å²) >= 11 is 0. The topological polar surface area (TPSA) is 87.3 Å². The lowest BCUT2D eigenvalue weighted by molar-refractivity contribution is 0.0431. The molecule has 0 N–H and O–H groups in total. The van der Waals surface area contributed by atoms with E-state index in [1.807, 2.05) is 62.4 Å². The molecule has 0 radical (unpaired) electrons. The third-order valence-electron chi connectivity index (χ3n) is 4.92. The van der Waals surface area contributed by atoms with Crippen molar-refractivity contribution in [2.45, 2.75) is 26.9 Å². The van der Waals surface area contributed by atoms with E-state index in [0.29, 0.717) is 11.4 Å². The lowest BCUT2D eigenvalue weighted by Gasteiger charge is -2.12. The van der Waals surface area contributed by atoms with E-state index in [4.69, 9.17) is 14.0 Å². The Morgan fingerprint density at radius 2 is 1.83 bits per heavy atom. The van der Waals surface area contributed by atoms with Crippen LogP contribution in [0.1, 0.15) is 34.4 Å². The van der Waals surface area contributed by atoms with Gasteiger partial charge in [0.05, 0.1) is 18.2 Å². The van der Waals surface area contributed by atoms with Crippen LogP contribution in [0.15, 0.2) is 53.1 Å². The maximum absolute atomic E-state index is 12.9. The van der Waals surface area contributed by atoms with E-state index in [0.717, 1.165) is 39.9 Å². The summed E-state index contributed by atoms with van der Waals surface area (Å²) in [5.41, 5.74) is 3.77. The highest BCUT2D eigenvalue weighted by Gasteiger charge is 2.20. The first-order valence-electron chi connectivity index (χ1n) is 9.63. The lowest BCUT2D eigenvalue weighted by Crippen LogP contribution is -2.11. The maximum Gasteiger partial charge on any atom is 0.339 e. The van der Waals surface area contributed by atoms with Gasteiger partial charge in [-0.25, -0.2) is 4.79 Å².